The Morgan fingerprint density at radius 1 is 0.436 bits per heavy atom. The maximum atomic E-state index is 6.58. The molecule has 182 valence electrons. The van der Waals surface area contributed by atoms with E-state index in [0.717, 1.165) is 44.6 Å². The summed E-state index contributed by atoms with van der Waals surface area (Å²) in [6.45, 7) is 0. The van der Waals surface area contributed by atoms with Gasteiger partial charge in [0, 0.05) is 37.1 Å². The van der Waals surface area contributed by atoms with Crippen LogP contribution in [0.4, 0.5) is 0 Å². The summed E-state index contributed by atoms with van der Waals surface area (Å²) < 4.78 is 12.9. The maximum Gasteiger partial charge on any atom is 0.136 e. The average Bonchev–Trinajstić information content (AvgIpc) is 3.63. The number of furan rings is 2. The van der Waals surface area contributed by atoms with Crippen LogP contribution in [0.2, 0.25) is 0 Å². The van der Waals surface area contributed by atoms with Crippen LogP contribution in [0.15, 0.2) is 140 Å². The van der Waals surface area contributed by atoms with Gasteiger partial charge < -0.3 is 8.83 Å². The van der Waals surface area contributed by atoms with Crippen molar-refractivity contribution < 1.29 is 8.83 Å². The molecule has 2 aromatic heterocycles. The van der Waals surface area contributed by atoms with Crippen molar-refractivity contribution in [2.45, 2.75) is 9.79 Å². The Bertz CT molecular complexity index is 2260. The fraction of sp³-hybridized carbons (Fsp3) is 0. The van der Waals surface area contributed by atoms with Crippen molar-refractivity contribution in [2.24, 2.45) is 0 Å². The summed E-state index contributed by atoms with van der Waals surface area (Å²) in [4.78, 5) is 2.59. The van der Waals surface area contributed by atoms with E-state index in [9.17, 15) is 0 Å². The van der Waals surface area contributed by atoms with E-state index in [-0.39, 0.29) is 0 Å². The lowest BCUT2D eigenvalue weighted by atomic mass is 9.96. The van der Waals surface area contributed by atoms with Crippen molar-refractivity contribution in [3.63, 3.8) is 0 Å². The largest absolute Gasteiger partial charge is 0.456 e. The van der Waals surface area contributed by atoms with Gasteiger partial charge >= 0.3 is 0 Å². The van der Waals surface area contributed by atoms with E-state index < -0.39 is 0 Å². The molecule has 9 rings (SSSR count). The lowest BCUT2D eigenvalue weighted by molar-refractivity contribution is 0.598. The van der Waals surface area contributed by atoms with Crippen molar-refractivity contribution >= 4 is 55.2 Å². The van der Waals surface area contributed by atoms with E-state index in [0.29, 0.717) is 0 Å². The highest BCUT2D eigenvalue weighted by Crippen LogP contribution is 2.49. The van der Waals surface area contributed by atoms with Gasteiger partial charge in [-0.15, -0.1) is 0 Å². The number of benzene rings is 6. The Morgan fingerprint density at radius 2 is 1.23 bits per heavy atom. The molecule has 8 aromatic rings. The van der Waals surface area contributed by atoms with Gasteiger partial charge in [0.1, 0.15) is 22.7 Å². The number of hydrogen-bond acceptors (Lipinski definition) is 3. The van der Waals surface area contributed by atoms with Gasteiger partial charge in [-0.05, 0) is 69.8 Å². The van der Waals surface area contributed by atoms with E-state index in [1.165, 1.54) is 42.5 Å². The zero-order valence-corrected chi connectivity index (χ0v) is 21.6. The minimum absolute atomic E-state index is 0.839. The molecule has 6 aromatic carbocycles. The van der Waals surface area contributed by atoms with Crippen LogP contribution >= 0.6 is 11.8 Å². The summed E-state index contributed by atoms with van der Waals surface area (Å²) in [7, 11) is 0. The summed E-state index contributed by atoms with van der Waals surface area (Å²) in [6, 6.07) is 42.8. The Labute approximate surface area is 228 Å². The molecule has 39 heavy (non-hydrogen) atoms. The first kappa shape index (κ1) is 21.2. The van der Waals surface area contributed by atoms with Gasteiger partial charge in [-0.3, -0.25) is 0 Å². The Balaban J connectivity index is 1.21. The van der Waals surface area contributed by atoms with E-state index >= 15 is 0 Å². The van der Waals surface area contributed by atoms with E-state index in [1.54, 1.807) is 0 Å². The van der Waals surface area contributed by atoms with E-state index in [4.69, 9.17) is 8.83 Å². The fourth-order valence-electron chi connectivity index (χ4n) is 6.15. The average molecular weight is 517 g/mol. The first-order valence-corrected chi connectivity index (χ1v) is 13.9. The molecule has 0 N–H and O–H groups in total. The molecule has 0 atom stereocenters. The van der Waals surface area contributed by atoms with Crippen molar-refractivity contribution in [1.29, 1.82) is 0 Å². The number of rotatable bonds is 2. The van der Waals surface area contributed by atoms with Gasteiger partial charge in [-0.25, -0.2) is 0 Å². The molecule has 3 heterocycles. The second kappa shape index (κ2) is 7.89. The molecule has 0 radical (unpaired) electrons. The van der Waals surface area contributed by atoms with Crippen LogP contribution in [-0.4, -0.2) is 0 Å². The fourth-order valence-corrected chi connectivity index (χ4v) is 7.28. The molecule has 0 spiro atoms. The number of hydrogen-bond donors (Lipinski definition) is 0. The molecule has 1 aliphatic rings. The summed E-state index contributed by atoms with van der Waals surface area (Å²) in [6.07, 6.45) is 0. The van der Waals surface area contributed by atoms with Gasteiger partial charge in [-0.1, -0.05) is 90.6 Å². The zero-order valence-electron chi connectivity index (χ0n) is 20.8. The molecule has 0 fully saturated rings. The molecule has 0 unspecified atom stereocenters. The molecular weight excluding hydrogens is 496 g/mol. The summed E-state index contributed by atoms with van der Waals surface area (Å²) >= 11 is 1.84. The first-order chi connectivity index (χ1) is 19.3. The van der Waals surface area contributed by atoms with Crippen LogP contribution in [-0.2, 0) is 0 Å². The Kier molecular flexibility index (Phi) is 4.29. The molecule has 0 aliphatic carbocycles. The van der Waals surface area contributed by atoms with Gasteiger partial charge in [-0.2, -0.15) is 0 Å². The molecule has 3 heteroatoms. The van der Waals surface area contributed by atoms with Crippen molar-refractivity contribution in [3.8, 4) is 33.8 Å². The highest BCUT2D eigenvalue weighted by Gasteiger charge is 2.21. The van der Waals surface area contributed by atoms with Crippen LogP contribution in [0.25, 0.3) is 77.3 Å². The monoisotopic (exact) mass is 516 g/mol. The highest BCUT2D eigenvalue weighted by atomic mass is 32.2. The van der Waals surface area contributed by atoms with Crippen molar-refractivity contribution in [2.75, 3.05) is 0 Å². The Hall–Kier alpha value is -4.73. The molecule has 0 amide bonds. The normalized spacial score (nSPS) is 12.5. The van der Waals surface area contributed by atoms with Crippen LogP contribution in [0, 0.1) is 0 Å². The molecular formula is C36H20O2S. The number of fused-ring (bicyclic) bond motifs is 7. The third kappa shape index (κ3) is 3.05. The summed E-state index contributed by atoms with van der Waals surface area (Å²) in [5.74, 6) is 1.70. The van der Waals surface area contributed by atoms with Crippen molar-refractivity contribution in [1.82, 2.24) is 0 Å². The molecule has 0 saturated carbocycles. The molecule has 0 bridgehead atoms. The van der Waals surface area contributed by atoms with Crippen molar-refractivity contribution in [3.05, 3.63) is 121 Å². The van der Waals surface area contributed by atoms with Gasteiger partial charge in [0.05, 0.1) is 0 Å². The first-order valence-electron chi connectivity index (χ1n) is 13.1. The van der Waals surface area contributed by atoms with E-state index in [2.05, 4.69) is 109 Å². The SMILES string of the molecule is c1cc2c3c(cccc3c1)-c1cc(-c3ccc(-c4cccc5oc6ccc7ccccc7c6c45)o3)ccc1S2. The Morgan fingerprint density at radius 3 is 2.21 bits per heavy atom. The minimum atomic E-state index is 0.839. The van der Waals surface area contributed by atoms with Gasteiger partial charge in [0.25, 0.3) is 0 Å². The van der Waals surface area contributed by atoms with Crippen LogP contribution < -0.4 is 0 Å². The lowest BCUT2D eigenvalue weighted by Gasteiger charge is -2.20. The summed E-state index contributed by atoms with van der Waals surface area (Å²) in [5, 5.41) is 7.23. The van der Waals surface area contributed by atoms with Crippen LogP contribution in [0.3, 0.4) is 0 Å². The second-order valence-corrected chi connectivity index (χ2v) is 11.2. The molecule has 2 nitrogen and oxygen atoms in total. The van der Waals surface area contributed by atoms with Gasteiger partial charge in [0.2, 0.25) is 0 Å². The predicted octanol–water partition coefficient (Wildman–Crippen LogP) is 11.0. The topological polar surface area (TPSA) is 26.3 Å². The van der Waals surface area contributed by atoms with E-state index in [1.807, 2.05) is 23.9 Å². The van der Waals surface area contributed by atoms with Crippen LogP contribution in [0.1, 0.15) is 0 Å². The summed E-state index contributed by atoms with van der Waals surface area (Å²) in [5.41, 5.74) is 6.42. The molecule has 0 saturated heterocycles. The minimum Gasteiger partial charge on any atom is -0.456 e. The molecule has 1 aliphatic heterocycles. The smallest absolute Gasteiger partial charge is 0.136 e. The third-order valence-electron chi connectivity index (χ3n) is 7.90. The highest BCUT2D eigenvalue weighted by molar-refractivity contribution is 7.99. The van der Waals surface area contributed by atoms with Crippen LogP contribution in [0.5, 0.6) is 0 Å². The third-order valence-corrected chi connectivity index (χ3v) is 9.04. The maximum absolute atomic E-state index is 6.58. The quantitative estimate of drug-likeness (QED) is 0.229. The second-order valence-electron chi connectivity index (χ2n) is 10.1. The predicted molar refractivity (Wildman–Crippen MR) is 161 cm³/mol. The van der Waals surface area contributed by atoms with Gasteiger partial charge in [0.15, 0.2) is 0 Å². The lowest BCUT2D eigenvalue weighted by Crippen LogP contribution is -1.93. The standard InChI is InChI=1S/C36H20O2S/c1-2-9-24-21(6-1)14-16-31-35(24)36-26(11-5-12-30(36)38-31)29-18-17-28(37-29)23-15-19-32-27(20-23)25-10-3-7-22-8-4-13-33(39-32)34(22)25/h1-20H. The zero-order chi connectivity index (χ0) is 25.5.